The number of rotatable bonds is 13. The van der Waals surface area contributed by atoms with Crippen LogP contribution in [-0.2, 0) is 24.4 Å². The van der Waals surface area contributed by atoms with E-state index in [1.54, 1.807) is 37.6 Å². The second kappa shape index (κ2) is 15.3. The van der Waals surface area contributed by atoms with E-state index in [1.165, 1.54) is 23.7 Å². The summed E-state index contributed by atoms with van der Waals surface area (Å²) >= 11 is 1.52. The number of methoxy groups -OCH3 is 1. The lowest BCUT2D eigenvalue weighted by atomic mass is 10.1. The van der Waals surface area contributed by atoms with Crippen LogP contribution in [0.2, 0.25) is 0 Å². The highest BCUT2D eigenvalue weighted by atomic mass is 32.3. The van der Waals surface area contributed by atoms with E-state index in [9.17, 15) is 26.0 Å². The Hall–Kier alpha value is -4.55. The second-order valence-electron chi connectivity index (χ2n) is 13.5. The molecule has 5 aromatic rings. The Bertz CT molecular complexity index is 2320. The van der Waals surface area contributed by atoms with Crippen molar-refractivity contribution in [2.75, 3.05) is 66.8 Å². The largest absolute Gasteiger partial charge is 0.494 e. The minimum atomic E-state index is -4.57. The molecule has 7 rings (SSSR count). The van der Waals surface area contributed by atoms with Crippen molar-refractivity contribution in [3.63, 3.8) is 0 Å². The van der Waals surface area contributed by atoms with Crippen LogP contribution in [-0.4, -0.2) is 84.7 Å². The molecule has 1 saturated heterocycles. The predicted molar refractivity (Wildman–Crippen MR) is 209 cm³/mol. The fourth-order valence-electron chi connectivity index (χ4n) is 6.35. The Kier molecular flexibility index (Phi) is 10.7. The summed E-state index contributed by atoms with van der Waals surface area (Å²) in [5.41, 5.74) is 4.68. The Morgan fingerprint density at radius 1 is 1.02 bits per heavy atom. The third-order valence-corrected chi connectivity index (χ3v) is 12.9. The van der Waals surface area contributed by atoms with E-state index in [0.717, 1.165) is 78.4 Å². The molecule has 1 aliphatic carbocycles. The molecule has 54 heavy (non-hydrogen) atoms. The Balaban J connectivity index is 1.13. The second-order valence-corrected chi connectivity index (χ2v) is 18.4. The molecule has 1 unspecified atom stereocenters. The predicted octanol–water partition coefficient (Wildman–Crippen LogP) is 7.01. The van der Waals surface area contributed by atoms with Crippen LogP contribution < -0.4 is 19.7 Å². The molecule has 284 valence electrons. The molecule has 0 bridgehead atoms. The molecule has 2 fully saturated rings. The highest BCUT2D eigenvalue weighted by Crippen LogP contribution is 2.47. The number of nitrogens with zero attached hydrogens (tertiary/aromatic N) is 5. The first-order valence-electron chi connectivity index (χ1n) is 17.3. The number of nitrogens with one attached hydrogen (secondary N) is 2. The summed E-state index contributed by atoms with van der Waals surface area (Å²) < 4.78 is 84.4. The van der Waals surface area contributed by atoms with Crippen LogP contribution in [0.3, 0.4) is 0 Å². The number of anilines is 4. The third kappa shape index (κ3) is 8.55. The molecule has 12 nitrogen and oxygen atoms in total. The zero-order valence-corrected chi connectivity index (χ0v) is 32.3. The van der Waals surface area contributed by atoms with E-state index in [2.05, 4.69) is 24.8 Å². The first kappa shape index (κ1) is 37.8. The van der Waals surface area contributed by atoms with Crippen molar-refractivity contribution < 1.29 is 30.7 Å². The number of piperazine rings is 1. The van der Waals surface area contributed by atoms with Crippen LogP contribution in [0.1, 0.15) is 29.3 Å². The molecule has 17 heteroatoms. The fraction of sp³-hybridized carbons (Fsp3) is 0.324. The number of sulfonamides is 1. The van der Waals surface area contributed by atoms with Gasteiger partial charge in [-0.2, -0.15) is 4.55 Å². The van der Waals surface area contributed by atoms with Crippen molar-refractivity contribution in [2.24, 2.45) is 0 Å². The van der Waals surface area contributed by atoms with Gasteiger partial charge in [-0.25, -0.2) is 32.2 Å². The summed E-state index contributed by atoms with van der Waals surface area (Å²) in [6.45, 7) is 5.74. The summed E-state index contributed by atoms with van der Waals surface area (Å²) in [7, 11) is -5.74. The van der Waals surface area contributed by atoms with E-state index >= 15 is 0 Å². The van der Waals surface area contributed by atoms with Crippen molar-refractivity contribution in [3.8, 4) is 27.6 Å². The maximum Gasteiger partial charge on any atom is 0.267 e. The average Bonchev–Trinajstić information content (AvgIpc) is 3.88. The topological polar surface area (TPSA) is 150 Å². The summed E-state index contributed by atoms with van der Waals surface area (Å²) in [6, 6.07) is 15.2. The number of aryl methyl sites for hydroxylation is 1. The Labute approximate surface area is 317 Å². The van der Waals surface area contributed by atoms with Crippen LogP contribution in [0.4, 0.5) is 31.8 Å². The molecular formula is C37H40F2N7O5S3+. The number of halogens is 2. The number of ether oxygens (including phenoxy) is 1. The lowest BCUT2D eigenvalue weighted by Crippen LogP contribution is -2.48. The van der Waals surface area contributed by atoms with Crippen LogP contribution in [0.15, 0.2) is 71.8 Å². The minimum Gasteiger partial charge on any atom is -0.494 e. The first-order chi connectivity index (χ1) is 25.8. The SMILES string of the molecule is COc1cc(N2CCN(CC[S+](C)(=O)O)CC2)c(C)cc1Nc1nccc(-c2sc(C3CC3)nc2-c2cccc(NS(=O)(=O)c3c(F)cccc3F)c2)n1. The quantitative estimate of drug-likeness (QED) is 0.106. The van der Waals surface area contributed by atoms with E-state index in [0.29, 0.717) is 46.8 Å². The van der Waals surface area contributed by atoms with Gasteiger partial charge in [-0.05, 0) is 61.7 Å². The van der Waals surface area contributed by atoms with Crippen molar-refractivity contribution in [2.45, 2.75) is 30.6 Å². The molecule has 3 heterocycles. The van der Waals surface area contributed by atoms with Gasteiger partial charge >= 0.3 is 0 Å². The van der Waals surface area contributed by atoms with Crippen LogP contribution >= 0.6 is 11.3 Å². The summed E-state index contributed by atoms with van der Waals surface area (Å²) in [5.74, 6) is -0.838. The van der Waals surface area contributed by atoms with Gasteiger partial charge in [0, 0.05) is 67.8 Å². The van der Waals surface area contributed by atoms with Crippen molar-refractivity contribution >= 4 is 54.6 Å². The molecule has 3 N–H and O–H groups in total. The number of thiazole rings is 1. The molecule has 1 atom stereocenters. The standard InChI is InChI=1S/C37H39F2N7O5S3/c1-23-20-30(32(51-2)22-31(23)46-16-14-45(15-17-46)18-19-53(3,47)48)42-37-40-13-12-29(41-37)34-33(43-36(52-34)24-10-11-24)25-6-4-7-26(21-25)44-54(49,50)35-27(38)8-5-9-28(35)39/h4-9,12-13,20-22,24,44H,10-11,14-19H2,1-3H3,(H-,40,41,42,47,48)/p+1. The van der Waals surface area contributed by atoms with Gasteiger partial charge in [0.15, 0.2) is 10.6 Å². The monoisotopic (exact) mass is 796 g/mol. The molecule has 0 amide bonds. The first-order valence-corrected chi connectivity index (χ1v) is 21.7. The zero-order chi connectivity index (χ0) is 38.2. The summed E-state index contributed by atoms with van der Waals surface area (Å²) in [5, 5.41) is 4.27. The molecule has 3 aromatic carbocycles. The minimum absolute atomic E-state index is 0.120. The number of benzene rings is 3. The van der Waals surface area contributed by atoms with Crippen LogP contribution in [0.25, 0.3) is 21.8 Å². The maximum atomic E-state index is 14.4. The Morgan fingerprint density at radius 3 is 2.43 bits per heavy atom. The van der Waals surface area contributed by atoms with E-state index in [-0.39, 0.29) is 11.4 Å². The molecular weight excluding hydrogens is 757 g/mol. The van der Waals surface area contributed by atoms with Gasteiger partial charge < -0.3 is 15.0 Å². The van der Waals surface area contributed by atoms with Gasteiger partial charge in [0.1, 0.15) is 23.6 Å². The van der Waals surface area contributed by atoms with Crippen molar-refractivity contribution in [3.05, 3.63) is 89.1 Å². The van der Waals surface area contributed by atoms with Gasteiger partial charge in [0.05, 0.1) is 34.1 Å². The van der Waals surface area contributed by atoms with Crippen LogP contribution in [0.5, 0.6) is 5.75 Å². The zero-order valence-electron chi connectivity index (χ0n) is 29.9. The van der Waals surface area contributed by atoms with Gasteiger partial charge in [0.25, 0.3) is 10.0 Å². The van der Waals surface area contributed by atoms with E-state index in [1.807, 2.05) is 19.1 Å². The average molecular weight is 797 g/mol. The van der Waals surface area contributed by atoms with E-state index in [4.69, 9.17) is 14.7 Å². The number of hydrogen-bond donors (Lipinski definition) is 3. The highest BCUT2D eigenvalue weighted by molar-refractivity contribution is 7.97. The van der Waals surface area contributed by atoms with Crippen molar-refractivity contribution in [1.29, 1.82) is 0 Å². The molecule has 1 saturated carbocycles. The van der Waals surface area contributed by atoms with Crippen LogP contribution in [0, 0.1) is 18.6 Å². The van der Waals surface area contributed by atoms with E-state index < -0.39 is 36.8 Å². The van der Waals surface area contributed by atoms with Gasteiger partial charge in [-0.3, -0.25) is 9.62 Å². The molecule has 1 aliphatic heterocycles. The highest BCUT2D eigenvalue weighted by Gasteiger charge is 2.30. The lowest BCUT2D eigenvalue weighted by Gasteiger charge is -2.36. The smallest absolute Gasteiger partial charge is 0.267 e. The maximum absolute atomic E-state index is 14.4. The Morgan fingerprint density at radius 2 is 1.74 bits per heavy atom. The van der Waals surface area contributed by atoms with Crippen molar-refractivity contribution in [1.82, 2.24) is 19.9 Å². The number of aromatic nitrogens is 3. The normalized spacial score (nSPS) is 16.2. The molecule has 0 radical (unpaired) electrons. The van der Waals surface area contributed by atoms with Gasteiger partial charge in [-0.1, -0.05) is 22.4 Å². The van der Waals surface area contributed by atoms with Gasteiger partial charge in [0.2, 0.25) is 16.2 Å². The fourth-order valence-corrected chi connectivity index (χ4v) is 9.36. The lowest BCUT2D eigenvalue weighted by molar-refractivity contribution is 0.270. The summed E-state index contributed by atoms with van der Waals surface area (Å²) in [6.07, 6.45) is 5.07. The molecule has 2 aliphatic rings. The molecule has 0 spiro atoms. The third-order valence-electron chi connectivity index (χ3n) is 9.30. The van der Waals surface area contributed by atoms with Gasteiger partial charge in [-0.15, -0.1) is 11.3 Å². The molecule has 2 aromatic heterocycles. The summed E-state index contributed by atoms with van der Waals surface area (Å²) in [4.78, 5) is 18.5. The number of hydrogen-bond acceptors (Lipinski definition) is 11.